The van der Waals surface area contributed by atoms with E-state index in [9.17, 15) is 9.90 Å². The van der Waals surface area contributed by atoms with Crippen LogP contribution in [0, 0.1) is 13.8 Å². The van der Waals surface area contributed by atoms with E-state index in [0.29, 0.717) is 18.8 Å². The number of unbranched alkanes of at least 4 members (excludes halogenated alkanes) is 1. The Labute approximate surface area is 254 Å². The second-order valence-corrected chi connectivity index (χ2v) is 11.4. The van der Waals surface area contributed by atoms with Crippen molar-refractivity contribution in [3.63, 3.8) is 0 Å². The van der Waals surface area contributed by atoms with E-state index < -0.39 is 12.0 Å². The molecule has 0 aliphatic carbocycles. The van der Waals surface area contributed by atoms with Gasteiger partial charge in [-0.2, -0.15) is 5.10 Å². The van der Waals surface area contributed by atoms with Crippen LogP contribution in [0.2, 0.25) is 0 Å². The molecular weight excluding hydrogens is 538 g/mol. The maximum Gasteiger partial charge on any atom is 0.326 e. The van der Waals surface area contributed by atoms with Gasteiger partial charge in [0.15, 0.2) is 0 Å². The van der Waals surface area contributed by atoms with Gasteiger partial charge in [0.25, 0.3) is 0 Å². The Morgan fingerprint density at radius 3 is 2.70 bits per heavy atom. The van der Waals surface area contributed by atoms with Crippen LogP contribution in [0.25, 0.3) is 11.1 Å². The number of nitrogens with one attached hydrogen (secondary N) is 2. The molecule has 43 heavy (non-hydrogen) atoms. The van der Waals surface area contributed by atoms with Gasteiger partial charge >= 0.3 is 5.97 Å². The van der Waals surface area contributed by atoms with E-state index >= 15 is 0 Å². The first-order valence-corrected chi connectivity index (χ1v) is 15.4. The standard InChI is InChI=1S/C34H43N7O2/c1-25-23-26(2)41(39-25)22-21-40(19-7-6-12-30-14-13-28-11-8-17-36-33(28)37-30)20-16-31(34(42)43)38-32-24-29(15-18-35-32)27-9-4-3-5-10-27/h3-5,9-10,13-15,18,23-24,31H,6-8,11-12,16-17,19-22H2,1-2H3,(H,35,38)(H,36,37)(H,42,43). The Morgan fingerprint density at radius 1 is 1.05 bits per heavy atom. The van der Waals surface area contributed by atoms with Gasteiger partial charge in [0.05, 0.1) is 12.2 Å². The zero-order chi connectivity index (χ0) is 30.0. The number of hydrogen-bond acceptors (Lipinski definition) is 7. The number of carboxylic acids is 1. The first-order chi connectivity index (χ1) is 20.9. The number of carbonyl (C=O) groups is 1. The van der Waals surface area contributed by atoms with Gasteiger partial charge in [0.1, 0.15) is 17.7 Å². The quantitative estimate of drug-likeness (QED) is 0.156. The molecule has 0 amide bonds. The molecule has 0 spiro atoms. The van der Waals surface area contributed by atoms with Gasteiger partial charge in [-0.15, -0.1) is 0 Å². The summed E-state index contributed by atoms with van der Waals surface area (Å²) in [4.78, 5) is 23.9. The van der Waals surface area contributed by atoms with Gasteiger partial charge in [-0.3, -0.25) is 4.68 Å². The highest BCUT2D eigenvalue weighted by molar-refractivity contribution is 5.77. The molecule has 1 aliphatic heterocycles. The lowest BCUT2D eigenvalue weighted by Crippen LogP contribution is -2.37. The molecule has 0 radical (unpaired) electrons. The summed E-state index contributed by atoms with van der Waals surface area (Å²) in [6.45, 7) is 8.19. The second-order valence-electron chi connectivity index (χ2n) is 11.4. The molecule has 9 heteroatoms. The Balaban J connectivity index is 1.19. The van der Waals surface area contributed by atoms with Crippen molar-refractivity contribution < 1.29 is 9.90 Å². The Hall–Kier alpha value is -4.24. The number of aromatic nitrogens is 4. The van der Waals surface area contributed by atoms with Crippen LogP contribution >= 0.6 is 0 Å². The molecule has 5 rings (SSSR count). The van der Waals surface area contributed by atoms with Crippen LogP contribution in [-0.2, 0) is 24.2 Å². The number of aliphatic carboxylic acids is 1. The number of hydrogen-bond donors (Lipinski definition) is 3. The number of benzene rings is 1. The van der Waals surface area contributed by atoms with E-state index in [-0.39, 0.29) is 0 Å². The van der Waals surface area contributed by atoms with E-state index in [1.54, 1.807) is 6.20 Å². The molecule has 0 saturated heterocycles. The summed E-state index contributed by atoms with van der Waals surface area (Å²) in [6, 6.07) is 19.6. The Kier molecular flexibility index (Phi) is 10.4. The molecule has 4 aromatic rings. The first-order valence-electron chi connectivity index (χ1n) is 15.4. The Bertz CT molecular complexity index is 1490. The normalized spacial score (nSPS) is 13.4. The van der Waals surface area contributed by atoms with Crippen LogP contribution in [0.4, 0.5) is 11.6 Å². The van der Waals surface area contributed by atoms with Gasteiger partial charge in [-0.05, 0) is 99.9 Å². The van der Waals surface area contributed by atoms with Crippen LogP contribution < -0.4 is 10.6 Å². The van der Waals surface area contributed by atoms with Crippen molar-refractivity contribution in [2.24, 2.45) is 0 Å². The summed E-state index contributed by atoms with van der Waals surface area (Å²) in [6.07, 6.45) is 7.41. The lowest BCUT2D eigenvalue weighted by atomic mass is 10.1. The van der Waals surface area contributed by atoms with Gasteiger partial charge in [0.2, 0.25) is 0 Å². The summed E-state index contributed by atoms with van der Waals surface area (Å²) in [5, 5.41) is 21.3. The minimum atomic E-state index is -0.877. The average Bonchev–Trinajstić information content (AvgIpc) is 3.35. The smallest absolute Gasteiger partial charge is 0.326 e. The third kappa shape index (κ3) is 8.64. The maximum atomic E-state index is 12.3. The number of anilines is 2. The summed E-state index contributed by atoms with van der Waals surface area (Å²) >= 11 is 0. The molecular formula is C34H43N7O2. The highest BCUT2D eigenvalue weighted by Crippen LogP contribution is 2.22. The molecule has 0 fully saturated rings. The van der Waals surface area contributed by atoms with E-state index in [0.717, 1.165) is 92.3 Å². The largest absolute Gasteiger partial charge is 0.480 e. The first kappa shape index (κ1) is 30.2. The number of nitrogens with zero attached hydrogens (tertiary/aromatic N) is 5. The molecule has 9 nitrogen and oxygen atoms in total. The number of pyridine rings is 2. The van der Waals surface area contributed by atoms with Crippen LogP contribution in [0.3, 0.4) is 0 Å². The van der Waals surface area contributed by atoms with Crippen LogP contribution in [0.5, 0.6) is 0 Å². The molecule has 4 heterocycles. The monoisotopic (exact) mass is 581 g/mol. The van der Waals surface area contributed by atoms with Gasteiger partial charge < -0.3 is 20.6 Å². The fourth-order valence-electron chi connectivity index (χ4n) is 5.69. The van der Waals surface area contributed by atoms with E-state index in [2.05, 4.69) is 50.7 Å². The summed E-state index contributed by atoms with van der Waals surface area (Å²) in [5.41, 5.74) is 6.65. The number of aryl methyl sites for hydroxylation is 4. The third-order valence-electron chi connectivity index (χ3n) is 8.06. The van der Waals surface area contributed by atoms with Crippen molar-refractivity contribution >= 4 is 17.6 Å². The van der Waals surface area contributed by atoms with E-state index in [1.807, 2.05) is 54.1 Å². The molecule has 1 atom stereocenters. The summed E-state index contributed by atoms with van der Waals surface area (Å²) in [5.74, 6) is 0.735. The number of rotatable bonds is 15. The molecule has 3 aromatic heterocycles. The molecule has 226 valence electrons. The van der Waals surface area contributed by atoms with Gasteiger partial charge in [-0.1, -0.05) is 36.4 Å². The number of fused-ring (bicyclic) bond motifs is 1. The van der Waals surface area contributed by atoms with Crippen molar-refractivity contribution in [3.05, 3.63) is 89.5 Å². The summed E-state index contributed by atoms with van der Waals surface area (Å²) in [7, 11) is 0. The van der Waals surface area contributed by atoms with Gasteiger partial charge in [0, 0.05) is 37.2 Å². The average molecular weight is 582 g/mol. The lowest BCUT2D eigenvalue weighted by Gasteiger charge is -2.25. The Morgan fingerprint density at radius 2 is 1.91 bits per heavy atom. The van der Waals surface area contributed by atoms with Crippen molar-refractivity contribution in [1.29, 1.82) is 0 Å². The van der Waals surface area contributed by atoms with Crippen molar-refractivity contribution in [2.75, 3.05) is 36.8 Å². The van der Waals surface area contributed by atoms with E-state index in [1.165, 1.54) is 5.56 Å². The fourth-order valence-corrected chi connectivity index (χ4v) is 5.69. The highest BCUT2D eigenvalue weighted by Gasteiger charge is 2.20. The predicted molar refractivity (Wildman–Crippen MR) is 171 cm³/mol. The van der Waals surface area contributed by atoms with E-state index in [4.69, 9.17) is 4.98 Å². The topological polar surface area (TPSA) is 108 Å². The summed E-state index contributed by atoms with van der Waals surface area (Å²) < 4.78 is 2.04. The van der Waals surface area contributed by atoms with Crippen LogP contribution in [-0.4, -0.2) is 67.9 Å². The minimum Gasteiger partial charge on any atom is -0.480 e. The molecule has 3 N–H and O–H groups in total. The lowest BCUT2D eigenvalue weighted by molar-refractivity contribution is -0.138. The maximum absolute atomic E-state index is 12.3. The third-order valence-corrected chi connectivity index (χ3v) is 8.06. The number of carboxylic acid groups (broad SMARTS) is 1. The molecule has 0 bridgehead atoms. The zero-order valence-corrected chi connectivity index (χ0v) is 25.3. The van der Waals surface area contributed by atoms with Gasteiger partial charge in [-0.25, -0.2) is 14.8 Å². The predicted octanol–water partition coefficient (Wildman–Crippen LogP) is 5.60. The van der Waals surface area contributed by atoms with Crippen LogP contribution in [0.15, 0.2) is 66.9 Å². The van der Waals surface area contributed by atoms with Crippen molar-refractivity contribution in [3.8, 4) is 11.1 Å². The molecule has 1 aromatic carbocycles. The fraction of sp³-hybridized carbons (Fsp3) is 0.412. The minimum absolute atomic E-state index is 0.460. The zero-order valence-electron chi connectivity index (χ0n) is 25.3. The molecule has 1 unspecified atom stereocenters. The second kappa shape index (κ2) is 14.8. The molecule has 0 saturated carbocycles. The molecule has 1 aliphatic rings. The SMILES string of the molecule is Cc1cc(C)n(CCN(CCCCc2ccc3c(n2)NCCC3)CCC(Nc2cc(-c3ccccc3)ccn2)C(=O)O)n1. The van der Waals surface area contributed by atoms with Crippen molar-refractivity contribution in [2.45, 2.75) is 65.0 Å². The van der Waals surface area contributed by atoms with Crippen LogP contribution in [0.1, 0.15) is 48.3 Å². The highest BCUT2D eigenvalue weighted by atomic mass is 16.4. The van der Waals surface area contributed by atoms with Crippen molar-refractivity contribution in [1.82, 2.24) is 24.6 Å².